The van der Waals surface area contributed by atoms with Crippen LogP contribution in [0.5, 0.6) is 0 Å². The molecule has 0 aliphatic heterocycles. The van der Waals surface area contributed by atoms with Crippen LogP contribution in [0.1, 0.15) is 12.5 Å². The summed E-state index contributed by atoms with van der Waals surface area (Å²) in [6.45, 7) is 2.05. The molecule has 0 unspecified atom stereocenters. The van der Waals surface area contributed by atoms with Crippen LogP contribution >= 0.6 is 11.6 Å². The van der Waals surface area contributed by atoms with E-state index in [9.17, 15) is 0 Å². The lowest BCUT2D eigenvalue weighted by Gasteiger charge is -2.01. The van der Waals surface area contributed by atoms with Gasteiger partial charge < -0.3 is 5.73 Å². The van der Waals surface area contributed by atoms with Gasteiger partial charge in [0.2, 0.25) is 5.95 Å². The molecule has 2 N–H and O–H groups in total. The molecule has 0 fully saturated rings. The van der Waals surface area contributed by atoms with E-state index in [1.54, 1.807) is 10.5 Å². The Labute approximate surface area is 80.3 Å². The molecule has 2 aromatic heterocycles. The van der Waals surface area contributed by atoms with E-state index in [1.807, 2.05) is 13.0 Å². The molecule has 0 aliphatic carbocycles. The predicted molar refractivity (Wildman–Crippen MR) is 51.8 cm³/mol. The van der Waals surface area contributed by atoms with Crippen molar-refractivity contribution in [1.29, 1.82) is 0 Å². The third-order valence-electron chi connectivity index (χ3n) is 1.99. The first-order valence-corrected chi connectivity index (χ1v) is 4.39. The Bertz CT molecular complexity index is 449. The van der Waals surface area contributed by atoms with E-state index < -0.39 is 0 Å². The van der Waals surface area contributed by atoms with Crippen LogP contribution in [0.3, 0.4) is 0 Å². The smallest absolute Gasteiger partial charge is 0.227 e. The van der Waals surface area contributed by atoms with Gasteiger partial charge >= 0.3 is 0 Å². The number of pyridine rings is 1. The summed E-state index contributed by atoms with van der Waals surface area (Å²) >= 11 is 5.94. The monoisotopic (exact) mass is 196 g/mol. The minimum absolute atomic E-state index is 0.329. The second kappa shape index (κ2) is 2.88. The number of rotatable bonds is 1. The molecule has 0 radical (unpaired) electrons. The van der Waals surface area contributed by atoms with Gasteiger partial charge in [0.25, 0.3) is 0 Å². The molecule has 0 spiro atoms. The summed E-state index contributed by atoms with van der Waals surface area (Å²) < 4.78 is 1.64. The molecule has 68 valence electrons. The fraction of sp³-hybridized carbons (Fsp3) is 0.250. The average Bonchev–Trinajstić information content (AvgIpc) is 2.50. The van der Waals surface area contributed by atoms with Gasteiger partial charge in [-0.15, -0.1) is 10.2 Å². The number of aromatic nitrogens is 3. The van der Waals surface area contributed by atoms with E-state index in [4.69, 9.17) is 17.3 Å². The van der Waals surface area contributed by atoms with Gasteiger partial charge in [-0.2, -0.15) is 0 Å². The van der Waals surface area contributed by atoms with Gasteiger partial charge in [-0.3, -0.25) is 4.40 Å². The second-order valence-electron chi connectivity index (χ2n) is 2.75. The molecule has 4 nitrogen and oxygen atoms in total. The first-order chi connectivity index (χ1) is 6.24. The van der Waals surface area contributed by atoms with Crippen molar-refractivity contribution in [3.05, 3.63) is 22.8 Å². The Hall–Kier alpha value is -1.29. The standard InChI is InChI=1S/C8H9ClN4/c1-2-5-3-4-6(9)13-7(5)11-12-8(13)10/h3-4H,2H2,1H3,(H2,10,12). The molecule has 2 heterocycles. The number of fused-ring (bicyclic) bond motifs is 1. The van der Waals surface area contributed by atoms with Gasteiger partial charge in [0.05, 0.1) is 0 Å². The summed E-state index contributed by atoms with van der Waals surface area (Å²) in [7, 11) is 0. The number of nitrogens with zero attached hydrogens (tertiary/aromatic N) is 3. The summed E-state index contributed by atoms with van der Waals surface area (Å²) in [5, 5.41) is 8.26. The van der Waals surface area contributed by atoms with Crippen molar-refractivity contribution in [3.8, 4) is 0 Å². The first kappa shape index (κ1) is 8.31. The molecule has 0 aliphatic rings. The maximum Gasteiger partial charge on any atom is 0.227 e. The number of nitrogens with two attached hydrogens (primary N) is 1. The fourth-order valence-electron chi connectivity index (χ4n) is 1.31. The molecular formula is C8H9ClN4. The molecule has 0 aromatic carbocycles. The highest BCUT2D eigenvalue weighted by Gasteiger charge is 2.08. The summed E-state index contributed by atoms with van der Waals surface area (Å²) in [4.78, 5) is 0. The number of aryl methyl sites for hydroxylation is 1. The Balaban J connectivity index is 2.87. The van der Waals surface area contributed by atoms with Gasteiger partial charge in [-0.25, -0.2) is 0 Å². The van der Waals surface area contributed by atoms with Gasteiger partial charge in [-0.1, -0.05) is 24.6 Å². The highest BCUT2D eigenvalue weighted by molar-refractivity contribution is 6.29. The van der Waals surface area contributed by atoms with E-state index in [0.29, 0.717) is 11.1 Å². The first-order valence-electron chi connectivity index (χ1n) is 4.02. The molecule has 13 heavy (non-hydrogen) atoms. The highest BCUT2D eigenvalue weighted by atomic mass is 35.5. The largest absolute Gasteiger partial charge is 0.368 e. The van der Waals surface area contributed by atoms with E-state index in [1.165, 1.54) is 0 Å². The van der Waals surface area contributed by atoms with Gasteiger partial charge in [0.15, 0.2) is 5.65 Å². The van der Waals surface area contributed by atoms with Crippen LogP contribution in [-0.4, -0.2) is 14.6 Å². The third kappa shape index (κ3) is 1.14. The van der Waals surface area contributed by atoms with Gasteiger partial charge in [0.1, 0.15) is 5.15 Å². The Morgan fingerprint density at radius 1 is 1.46 bits per heavy atom. The predicted octanol–water partition coefficient (Wildman–Crippen LogP) is 1.53. The third-order valence-corrected chi connectivity index (χ3v) is 2.29. The van der Waals surface area contributed by atoms with Gasteiger partial charge in [-0.05, 0) is 18.1 Å². The molecule has 0 saturated carbocycles. The number of hydrogen-bond donors (Lipinski definition) is 1. The van der Waals surface area contributed by atoms with E-state index >= 15 is 0 Å². The summed E-state index contributed by atoms with van der Waals surface area (Å²) in [6, 6.07) is 3.74. The summed E-state index contributed by atoms with van der Waals surface area (Å²) in [5.74, 6) is 0.329. The summed E-state index contributed by atoms with van der Waals surface area (Å²) in [6.07, 6.45) is 0.888. The minimum Gasteiger partial charge on any atom is -0.368 e. The molecular weight excluding hydrogens is 188 g/mol. The molecule has 2 rings (SSSR count). The Morgan fingerprint density at radius 2 is 2.23 bits per heavy atom. The van der Waals surface area contributed by atoms with Crippen molar-refractivity contribution in [1.82, 2.24) is 14.6 Å². The van der Waals surface area contributed by atoms with Crippen molar-refractivity contribution in [3.63, 3.8) is 0 Å². The second-order valence-corrected chi connectivity index (χ2v) is 3.14. The average molecular weight is 197 g/mol. The lowest BCUT2D eigenvalue weighted by Crippen LogP contribution is -1.97. The lowest BCUT2D eigenvalue weighted by molar-refractivity contribution is 1.08. The Kier molecular flexibility index (Phi) is 1.84. The van der Waals surface area contributed by atoms with Crippen LogP contribution in [0.25, 0.3) is 5.65 Å². The minimum atomic E-state index is 0.329. The number of nitrogen functional groups attached to an aromatic ring is 1. The zero-order chi connectivity index (χ0) is 9.42. The Morgan fingerprint density at radius 3 is 2.92 bits per heavy atom. The molecule has 5 heteroatoms. The maximum absolute atomic E-state index is 5.94. The zero-order valence-corrected chi connectivity index (χ0v) is 7.91. The highest BCUT2D eigenvalue weighted by Crippen LogP contribution is 2.18. The van der Waals surface area contributed by atoms with Crippen LogP contribution in [0, 0.1) is 0 Å². The van der Waals surface area contributed by atoms with Crippen molar-refractivity contribution < 1.29 is 0 Å². The normalized spacial score (nSPS) is 10.9. The van der Waals surface area contributed by atoms with E-state index in [2.05, 4.69) is 10.2 Å². The van der Waals surface area contributed by atoms with Crippen LogP contribution in [0.2, 0.25) is 5.15 Å². The van der Waals surface area contributed by atoms with Crippen molar-refractivity contribution >= 4 is 23.2 Å². The topological polar surface area (TPSA) is 56.2 Å². The lowest BCUT2D eigenvalue weighted by atomic mass is 10.2. The number of hydrogen-bond acceptors (Lipinski definition) is 3. The summed E-state index contributed by atoms with van der Waals surface area (Å²) in [5.41, 5.74) is 7.44. The van der Waals surface area contributed by atoms with Crippen LogP contribution in [0.4, 0.5) is 5.95 Å². The van der Waals surface area contributed by atoms with Crippen molar-refractivity contribution in [2.45, 2.75) is 13.3 Å². The molecule has 0 saturated heterocycles. The van der Waals surface area contributed by atoms with Crippen LogP contribution in [-0.2, 0) is 6.42 Å². The number of anilines is 1. The molecule has 2 aromatic rings. The van der Waals surface area contributed by atoms with Crippen LogP contribution < -0.4 is 5.73 Å². The van der Waals surface area contributed by atoms with Crippen LogP contribution in [0.15, 0.2) is 12.1 Å². The zero-order valence-electron chi connectivity index (χ0n) is 7.16. The number of halogens is 1. The fourth-order valence-corrected chi connectivity index (χ4v) is 1.54. The van der Waals surface area contributed by atoms with Crippen molar-refractivity contribution in [2.24, 2.45) is 0 Å². The maximum atomic E-state index is 5.94. The molecule has 0 amide bonds. The molecule has 0 atom stereocenters. The van der Waals surface area contributed by atoms with E-state index in [-0.39, 0.29) is 0 Å². The van der Waals surface area contributed by atoms with Crippen molar-refractivity contribution in [2.75, 3.05) is 5.73 Å². The van der Waals surface area contributed by atoms with Gasteiger partial charge in [0, 0.05) is 0 Å². The quantitative estimate of drug-likeness (QED) is 0.704. The SMILES string of the molecule is CCc1ccc(Cl)n2c(N)nnc12. The van der Waals surface area contributed by atoms with E-state index in [0.717, 1.165) is 17.6 Å². The molecule has 0 bridgehead atoms.